The number of carboxylic acid groups (broad SMARTS) is 1. The van der Waals surface area contributed by atoms with Crippen molar-refractivity contribution in [1.82, 2.24) is 15.3 Å². The fourth-order valence-electron chi connectivity index (χ4n) is 5.68. The molecule has 0 aliphatic carbocycles. The number of piperidine rings is 1. The summed E-state index contributed by atoms with van der Waals surface area (Å²) >= 11 is 11.8. The quantitative estimate of drug-likeness (QED) is 0.248. The molecule has 44 heavy (non-hydrogen) atoms. The minimum Gasteiger partial charge on any atom is -0.480 e. The van der Waals surface area contributed by atoms with Crippen LogP contribution >= 0.6 is 23.2 Å². The number of aliphatic carboxylic acids is 1. The van der Waals surface area contributed by atoms with E-state index in [0.717, 1.165) is 24.3 Å². The second kappa shape index (κ2) is 11.8. The number of nitrogens with one attached hydrogen (secondary N) is 1. The van der Waals surface area contributed by atoms with Gasteiger partial charge in [0.25, 0.3) is 0 Å². The monoisotopic (exact) mass is 663 g/mol. The average molecular weight is 664 g/mol. The minimum absolute atomic E-state index is 0.0169. The normalized spacial score (nSPS) is 19.3. The number of aromatic nitrogens is 2. The number of hydrogen-bond acceptors (Lipinski definition) is 7. The lowest BCUT2D eigenvalue weighted by molar-refractivity contribution is -0.198. The zero-order valence-corrected chi connectivity index (χ0v) is 24.2. The van der Waals surface area contributed by atoms with E-state index in [0.29, 0.717) is 45.0 Å². The fourth-order valence-corrected chi connectivity index (χ4v) is 6.08. The second-order valence-electron chi connectivity index (χ2n) is 10.8. The van der Waals surface area contributed by atoms with Gasteiger partial charge in [-0.3, -0.25) is 4.79 Å². The van der Waals surface area contributed by atoms with Gasteiger partial charge in [-0.05, 0) is 60.1 Å². The van der Waals surface area contributed by atoms with E-state index in [4.69, 9.17) is 33.7 Å². The lowest BCUT2D eigenvalue weighted by atomic mass is 9.76. The van der Waals surface area contributed by atoms with Crippen LogP contribution in [0.3, 0.4) is 0 Å². The van der Waals surface area contributed by atoms with Crippen LogP contribution in [0.25, 0.3) is 11.1 Å². The van der Waals surface area contributed by atoms with Gasteiger partial charge in [-0.15, -0.1) is 0 Å². The molecule has 2 fully saturated rings. The summed E-state index contributed by atoms with van der Waals surface area (Å²) in [6.45, 7) is 1.41. The molecule has 0 amide bonds. The second-order valence-corrected chi connectivity index (χ2v) is 11.7. The summed E-state index contributed by atoms with van der Waals surface area (Å²) in [7, 11) is 0. The van der Waals surface area contributed by atoms with Gasteiger partial charge in [0.2, 0.25) is 17.9 Å². The van der Waals surface area contributed by atoms with Crippen LogP contribution < -0.4 is 20.7 Å². The van der Waals surface area contributed by atoms with Crippen LogP contribution in [0.15, 0.2) is 42.5 Å². The van der Waals surface area contributed by atoms with Crippen LogP contribution in [0.2, 0.25) is 10.0 Å². The maximum absolute atomic E-state index is 14.5. The molecule has 0 bridgehead atoms. The highest BCUT2D eigenvalue weighted by Gasteiger charge is 2.46. The molecule has 1 unspecified atom stereocenters. The van der Waals surface area contributed by atoms with Crippen LogP contribution in [0, 0.1) is 5.41 Å². The molecule has 0 radical (unpaired) electrons. The number of carbonyl (C=O) groups is 1. The number of nitrogens with two attached hydrogens (primary N) is 1. The van der Waals surface area contributed by atoms with Crippen molar-refractivity contribution in [1.29, 1.82) is 0 Å². The lowest BCUT2D eigenvalue weighted by Crippen LogP contribution is -2.41. The molecule has 3 heterocycles. The highest BCUT2D eigenvalue weighted by Crippen LogP contribution is 2.45. The van der Waals surface area contributed by atoms with Crippen LogP contribution in [-0.2, 0) is 11.0 Å². The van der Waals surface area contributed by atoms with E-state index in [1.165, 1.54) is 12.1 Å². The number of nitrogen functional groups attached to an aromatic ring is 1. The van der Waals surface area contributed by atoms with Crippen LogP contribution in [0.5, 0.6) is 5.88 Å². The van der Waals surface area contributed by atoms with E-state index in [2.05, 4.69) is 15.3 Å². The Morgan fingerprint density at radius 2 is 1.77 bits per heavy atom. The van der Waals surface area contributed by atoms with Gasteiger partial charge in [0.1, 0.15) is 11.9 Å². The number of benzene rings is 2. The van der Waals surface area contributed by atoms with E-state index < -0.39 is 52.5 Å². The third-order valence-corrected chi connectivity index (χ3v) is 8.49. The largest absolute Gasteiger partial charge is 0.480 e. The Balaban J connectivity index is 1.45. The van der Waals surface area contributed by atoms with E-state index in [-0.39, 0.29) is 33.3 Å². The Labute approximate surface area is 257 Å². The predicted molar refractivity (Wildman–Crippen MR) is 151 cm³/mol. The highest BCUT2D eigenvalue weighted by atomic mass is 35.5. The van der Waals surface area contributed by atoms with Crippen LogP contribution in [-0.4, -0.2) is 52.9 Å². The maximum atomic E-state index is 14.5. The zero-order valence-electron chi connectivity index (χ0n) is 22.6. The van der Waals surface area contributed by atoms with Gasteiger partial charge in [0.05, 0.1) is 10.6 Å². The first-order valence-electron chi connectivity index (χ1n) is 13.3. The van der Waals surface area contributed by atoms with E-state index in [9.17, 15) is 36.2 Å². The van der Waals surface area contributed by atoms with Gasteiger partial charge >= 0.3 is 18.3 Å². The van der Waals surface area contributed by atoms with Crippen molar-refractivity contribution in [3.8, 4) is 17.0 Å². The SMILES string of the molecule is Nc1nc(O[C@H](c2ccc(Cl)cc2-c2ccc(Cl)c(C(F)(F)F)c2)C(F)(F)F)cc(N2CCC3(CC2)CNC(C(=O)O)C3)n1. The number of halogens is 8. The maximum Gasteiger partial charge on any atom is 0.429 e. The van der Waals surface area contributed by atoms with Gasteiger partial charge in [-0.25, -0.2) is 0 Å². The molecule has 16 heteroatoms. The predicted octanol–water partition coefficient (Wildman–Crippen LogP) is 6.77. The zero-order chi connectivity index (χ0) is 32.0. The van der Waals surface area contributed by atoms with Crippen molar-refractivity contribution in [2.45, 2.75) is 43.8 Å². The van der Waals surface area contributed by atoms with Gasteiger partial charge < -0.3 is 25.8 Å². The standard InChI is InChI=1S/C28H25Cl2F6N5O3/c29-15-2-3-16(17(10-15)14-1-4-19(30)18(9-14)27(31,32)33)23(28(34,35)36)44-22-11-21(39-25(37)40-22)41-7-5-26(6-8-41)12-20(24(42)43)38-13-26/h1-4,9-11,20,23,38H,5-8,12-13H2,(H,42,43)(H2,37,39,40)/t20?,23-/m1/s1. The highest BCUT2D eigenvalue weighted by molar-refractivity contribution is 6.31. The molecule has 5 rings (SSSR count). The number of nitrogens with zero attached hydrogens (tertiary/aromatic N) is 3. The number of ether oxygens (including phenoxy) is 1. The summed E-state index contributed by atoms with van der Waals surface area (Å²) < 4.78 is 89.7. The molecule has 4 N–H and O–H groups in total. The number of alkyl halides is 6. The van der Waals surface area contributed by atoms with Crippen molar-refractivity contribution in [3.05, 3.63) is 63.6 Å². The molecule has 2 atom stereocenters. The molecule has 2 aliphatic rings. The van der Waals surface area contributed by atoms with Crippen LogP contribution in [0.4, 0.5) is 38.1 Å². The van der Waals surface area contributed by atoms with Crippen LogP contribution in [0.1, 0.15) is 36.5 Å². The summed E-state index contributed by atoms with van der Waals surface area (Å²) in [6, 6.07) is 6.61. The number of rotatable bonds is 6. The average Bonchev–Trinajstić information content (AvgIpc) is 3.35. The summed E-state index contributed by atoms with van der Waals surface area (Å²) in [5.41, 5.74) is 3.41. The fraction of sp³-hybridized carbons (Fsp3) is 0.393. The molecule has 236 valence electrons. The summed E-state index contributed by atoms with van der Waals surface area (Å²) in [6.07, 6.45) is -10.9. The number of anilines is 2. The molecule has 2 aromatic carbocycles. The van der Waals surface area contributed by atoms with E-state index in [1.807, 2.05) is 0 Å². The topological polar surface area (TPSA) is 114 Å². The molecule has 1 spiro atoms. The first-order chi connectivity index (χ1) is 20.5. The summed E-state index contributed by atoms with van der Waals surface area (Å²) in [4.78, 5) is 21.2. The third-order valence-electron chi connectivity index (χ3n) is 7.93. The molecular weight excluding hydrogens is 639 g/mol. The molecule has 2 aliphatic heterocycles. The number of hydrogen-bond donors (Lipinski definition) is 3. The van der Waals surface area contributed by atoms with E-state index >= 15 is 0 Å². The minimum atomic E-state index is -5.05. The van der Waals surface area contributed by atoms with Crippen molar-refractivity contribution in [2.75, 3.05) is 30.3 Å². The molecule has 1 aromatic heterocycles. The Morgan fingerprint density at radius 3 is 2.39 bits per heavy atom. The van der Waals surface area contributed by atoms with Crippen molar-refractivity contribution < 1.29 is 41.0 Å². The Hall–Kier alpha value is -3.49. The first kappa shape index (κ1) is 31.9. The van der Waals surface area contributed by atoms with Gasteiger partial charge in [-0.2, -0.15) is 36.3 Å². The van der Waals surface area contributed by atoms with Gasteiger partial charge in [0.15, 0.2) is 0 Å². The molecule has 2 saturated heterocycles. The third kappa shape index (κ3) is 6.76. The van der Waals surface area contributed by atoms with Gasteiger partial charge in [0, 0.05) is 36.3 Å². The Kier molecular flexibility index (Phi) is 8.55. The summed E-state index contributed by atoms with van der Waals surface area (Å²) in [5.74, 6) is -1.56. The van der Waals surface area contributed by atoms with Gasteiger partial charge in [-0.1, -0.05) is 35.3 Å². The molecule has 0 saturated carbocycles. The smallest absolute Gasteiger partial charge is 0.429 e. The van der Waals surface area contributed by atoms with Crippen molar-refractivity contribution >= 4 is 40.9 Å². The molecule has 3 aromatic rings. The molecular formula is C28H25Cl2F6N5O3. The van der Waals surface area contributed by atoms with Crippen molar-refractivity contribution in [3.63, 3.8) is 0 Å². The Bertz CT molecular complexity index is 1560. The first-order valence-corrected chi connectivity index (χ1v) is 14.1. The Morgan fingerprint density at radius 1 is 1.07 bits per heavy atom. The number of carboxylic acids is 1. The van der Waals surface area contributed by atoms with E-state index in [1.54, 1.807) is 4.90 Å². The lowest BCUT2D eigenvalue weighted by Gasteiger charge is -2.39. The van der Waals surface area contributed by atoms with Crippen molar-refractivity contribution in [2.24, 2.45) is 5.41 Å². The molecule has 8 nitrogen and oxygen atoms in total. The summed E-state index contributed by atoms with van der Waals surface area (Å²) in [5, 5.41) is 11.7.